The van der Waals surface area contributed by atoms with Crippen LogP contribution < -0.4 is 0 Å². The molecule has 0 radical (unpaired) electrons. The highest BCUT2D eigenvalue weighted by atomic mass is 127. The molecule has 1 aromatic rings. The van der Waals surface area contributed by atoms with Crippen LogP contribution in [0.5, 0.6) is 0 Å². The molecule has 1 saturated heterocycles. The lowest BCUT2D eigenvalue weighted by Gasteiger charge is -2.27. The van der Waals surface area contributed by atoms with Crippen molar-refractivity contribution in [1.29, 1.82) is 0 Å². The highest BCUT2D eigenvalue weighted by molar-refractivity contribution is 14.1. The second-order valence-electron chi connectivity index (χ2n) is 3.66. The molecule has 78 valence electrons. The van der Waals surface area contributed by atoms with E-state index < -0.39 is 0 Å². The van der Waals surface area contributed by atoms with E-state index in [1.165, 1.54) is 12.8 Å². The molecule has 2 nitrogen and oxygen atoms in total. The first-order valence-corrected chi connectivity index (χ1v) is 7.33. The first kappa shape index (κ1) is 10.8. The number of rotatable bonds is 2. The number of nitrogens with zero attached hydrogens (tertiary/aromatic N) is 1. The maximum absolute atomic E-state index is 5.98. The van der Waals surface area contributed by atoms with Gasteiger partial charge in [0.1, 0.15) is 11.1 Å². The van der Waals surface area contributed by atoms with Gasteiger partial charge in [0.15, 0.2) is 0 Å². The SMILES string of the molecule is Cc1csc(C2CCCC(CI)O2)n1. The summed E-state index contributed by atoms with van der Waals surface area (Å²) in [5.74, 6) is 0. The zero-order valence-corrected chi connectivity index (χ0v) is 11.2. The van der Waals surface area contributed by atoms with Crippen molar-refractivity contribution in [3.8, 4) is 0 Å². The number of ether oxygens (including phenoxy) is 1. The van der Waals surface area contributed by atoms with Gasteiger partial charge in [0.25, 0.3) is 0 Å². The average Bonchev–Trinajstić information content (AvgIpc) is 2.65. The first-order valence-electron chi connectivity index (χ1n) is 4.93. The maximum atomic E-state index is 5.98. The highest BCUT2D eigenvalue weighted by Gasteiger charge is 2.24. The predicted molar refractivity (Wildman–Crippen MR) is 67.2 cm³/mol. The van der Waals surface area contributed by atoms with E-state index in [4.69, 9.17) is 4.74 Å². The number of hydrogen-bond acceptors (Lipinski definition) is 3. The number of hydrogen-bond donors (Lipinski definition) is 0. The minimum atomic E-state index is 0.266. The first-order chi connectivity index (χ1) is 6.79. The number of aromatic nitrogens is 1. The average molecular weight is 323 g/mol. The van der Waals surface area contributed by atoms with Crippen LogP contribution in [0.1, 0.15) is 36.1 Å². The Hall–Kier alpha value is 0.320. The van der Waals surface area contributed by atoms with Crippen LogP contribution in [0, 0.1) is 6.92 Å². The largest absolute Gasteiger partial charge is 0.367 e. The molecule has 0 spiro atoms. The van der Waals surface area contributed by atoms with E-state index in [-0.39, 0.29) is 6.10 Å². The summed E-state index contributed by atoms with van der Waals surface area (Å²) in [4.78, 5) is 4.49. The fraction of sp³-hybridized carbons (Fsp3) is 0.700. The van der Waals surface area contributed by atoms with E-state index in [0.717, 1.165) is 21.5 Å². The summed E-state index contributed by atoms with van der Waals surface area (Å²) in [7, 11) is 0. The normalized spacial score (nSPS) is 27.9. The molecule has 1 aliphatic rings. The van der Waals surface area contributed by atoms with Crippen molar-refractivity contribution < 1.29 is 4.74 Å². The number of thiazole rings is 1. The number of aryl methyl sites for hydroxylation is 1. The van der Waals surface area contributed by atoms with Crippen molar-refractivity contribution in [2.45, 2.75) is 38.4 Å². The Labute approximate surface area is 102 Å². The molecular weight excluding hydrogens is 309 g/mol. The van der Waals surface area contributed by atoms with E-state index >= 15 is 0 Å². The smallest absolute Gasteiger partial charge is 0.122 e. The third-order valence-corrected chi connectivity index (χ3v) is 4.47. The Kier molecular flexibility index (Phi) is 3.79. The molecule has 0 bridgehead atoms. The molecule has 0 amide bonds. The van der Waals surface area contributed by atoms with Crippen molar-refractivity contribution in [3.05, 3.63) is 16.1 Å². The van der Waals surface area contributed by atoms with Gasteiger partial charge in [0.05, 0.1) is 6.10 Å². The quantitative estimate of drug-likeness (QED) is 0.614. The summed E-state index contributed by atoms with van der Waals surface area (Å²) in [5.41, 5.74) is 1.12. The van der Waals surface area contributed by atoms with Gasteiger partial charge in [-0.15, -0.1) is 11.3 Å². The molecule has 0 N–H and O–H groups in total. The van der Waals surface area contributed by atoms with Crippen molar-refractivity contribution >= 4 is 33.9 Å². The molecular formula is C10H14INOS. The van der Waals surface area contributed by atoms with Gasteiger partial charge >= 0.3 is 0 Å². The van der Waals surface area contributed by atoms with E-state index in [1.807, 2.05) is 6.92 Å². The zero-order chi connectivity index (χ0) is 9.97. The zero-order valence-electron chi connectivity index (χ0n) is 8.20. The highest BCUT2D eigenvalue weighted by Crippen LogP contribution is 2.33. The molecule has 2 unspecified atom stereocenters. The van der Waals surface area contributed by atoms with Crippen LogP contribution in [0.4, 0.5) is 0 Å². The fourth-order valence-corrected chi connectivity index (χ4v) is 3.23. The Morgan fingerprint density at radius 1 is 1.64 bits per heavy atom. The Morgan fingerprint density at radius 3 is 3.14 bits per heavy atom. The molecule has 2 rings (SSSR count). The second kappa shape index (κ2) is 4.90. The Balaban J connectivity index is 2.04. The summed E-state index contributed by atoms with van der Waals surface area (Å²) in [6.45, 7) is 2.04. The third kappa shape index (κ3) is 2.46. The van der Waals surface area contributed by atoms with Gasteiger partial charge in [-0.05, 0) is 26.2 Å². The third-order valence-electron chi connectivity index (χ3n) is 2.43. The van der Waals surface area contributed by atoms with Gasteiger partial charge in [0, 0.05) is 15.5 Å². The van der Waals surface area contributed by atoms with Crippen LogP contribution >= 0.6 is 33.9 Å². The van der Waals surface area contributed by atoms with Gasteiger partial charge in [-0.1, -0.05) is 22.6 Å². The van der Waals surface area contributed by atoms with Crippen LogP contribution in [-0.4, -0.2) is 15.5 Å². The van der Waals surface area contributed by atoms with Crippen molar-refractivity contribution in [2.24, 2.45) is 0 Å². The van der Waals surface area contributed by atoms with Crippen LogP contribution in [0.2, 0.25) is 0 Å². The second-order valence-corrected chi connectivity index (χ2v) is 5.43. The summed E-state index contributed by atoms with van der Waals surface area (Å²) in [5, 5.41) is 3.27. The Morgan fingerprint density at radius 2 is 2.50 bits per heavy atom. The lowest BCUT2D eigenvalue weighted by molar-refractivity contribution is -0.0376. The molecule has 2 atom stereocenters. The summed E-state index contributed by atoms with van der Waals surface area (Å²) >= 11 is 4.13. The van der Waals surface area contributed by atoms with Gasteiger partial charge in [-0.3, -0.25) is 0 Å². The van der Waals surface area contributed by atoms with Crippen molar-refractivity contribution in [2.75, 3.05) is 4.43 Å². The van der Waals surface area contributed by atoms with Crippen molar-refractivity contribution in [1.82, 2.24) is 4.98 Å². The van der Waals surface area contributed by atoms with Crippen LogP contribution in [-0.2, 0) is 4.74 Å². The van der Waals surface area contributed by atoms with Crippen molar-refractivity contribution in [3.63, 3.8) is 0 Å². The molecule has 14 heavy (non-hydrogen) atoms. The van der Waals surface area contributed by atoms with Gasteiger partial charge in [-0.2, -0.15) is 0 Å². The summed E-state index contributed by atoms with van der Waals surface area (Å²) < 4.78 is 7.07. The van der Waals surface area contributed by atoms with Gasteiger partial charge < -0.3 is 4.74 Å². The molecule has 0 aromatic carbocycles. The minimum Gasteiger partial charge on any atom is -0.367 e. The summed E-state index contributed by atoms with van der Waals surface area (Å²) in [6.07, 6.45) is 4.33. The lowest BCUT2D eigenvalue weighted by Crippen LogP contribution is -2.23. The monoisotopic (exact) mass is 323 g/mol. The number of alkyl halides is 1. The molecule has 4 heteroatoms. The van der Waals surface area contributed by atoms with E-state index in [1.54, 1.807) is 11.3 Å². The predicted octanol–water partition coefficient (Wildman–Crippen LogP) is 3.50. The fourth-order valence-electron chi connectivity index (χ4n) is 1.71. The minimum absolute atomic E-state index is 0.266. The molecule has 2 heterocycles. The molecule has 1 aliphatic heterocycles. The Bertz CT molecular complexity index is 302. The van der Waals surface area contributed by atoms with E-state index in [2.05, 4.69) is 33.0 Å². The lowest BCUT2D eigenvalue weighted by atomic mass is 10.1. The molecule has 0 saturated carbocycles. The van der Waals surface area contributed by atoms with E-state index in [0.29, 0.717) is 6.10 Å². The van der Waals surface area contributed by atoms with Gasteiger partial charge in [-0.25, -0.2) is 4.98 Å². The topological polar surface area (TPSA) is 22.1 Å². The summed E-state index contributed by atoms with van der Waals surface area (Å²) in [6, 6.07) is 0. The molecule has 1 aromatic heterocycles. The van der Waals surface area contributed by atoms with Crippen LogP contribution in [0.15, 0.2) is 5.38 Å². The molecule has 1 fully saturated rings. The standard InChI is InChI=1S/C10H14INOS/c1-7-6-14-10(12-7)9-4-2-3-8(5-11)13-9/h6,8-9H,2-5H2,1H3. The van der Waals surface area contributed by atoms with Crippen LogP contribution in [0.25, 0.3) is 0 Å². The van der Waals surface area contributed by atoms with Gasteiger partial charge in [0.2, 0.25) is 0 Å². The van der Waals surface area contributed by atoms with E-state index in [9.17, 15) is 0 Å². The maximum Gasteiger partial charge on any atom is 0.122 e. The van der Waals surface area contributed by atoms with Crippen LogP contribution in [0.3, 0.4) is 0 Å². The number of halogens is 1. The molecule has 0 aliphatic carbocycles.